The molecule has 1 amide bonds. The number of aliphatic hydroxyl groups is 1. The second kappa shape index (κ2) is 12.4. The molecule has 10 heteroatoms. The minimum Gasteiger partial charge on any atom is -0.495 e. The average molecular weight is 464 g/mol. The number of nitrogens with one attached hydrogen (secondary N) is 1. The Balaban J connectivity index is 0.00000512. The highest BCUT2D eigenvalue weighted by Crippen LogP contribution is 2.40. The Kier molecular flexibility index (Phi) is 10.3. The molecule has 2 aromatic carbocycles. The molecule has 0 heterocycles. The van der Waals surface area contributed by atoms with Gasteiger partial charge in [0, 0.05) is 0 Å². The van der Waals surface area contributed by atoms with E-state index in [4.69, 9.17) is 29.8 Å². The minimum atomic E-state index is -1.07. The summed E-state index contributed by atoms with van der Waals surface area (Å²) in [5, 5.41) is 21.4. The van der Waals surface area contributed by atoms with E-state index in [0.717, 1.165) is 0 Å². The van der Waals surface area contributed by atoms with Crippen LogP contribution in [0.5, 0.6) is 23.0 Å². The molecule has 0 saturated carbocycles. The molecule has 0 saturated heterocycles. The number of anilines is 1. The normalized spacial score (nSPS) is 11.5. The van der Waals surface area contributed by atoms with Gasteiger partial charge in [-0.25, -0.2) is 0 Å². The highest BCUT2D eigenvalue weighted by Gasteiger charge is 2.17. The number of nitrogens with two attached hydrogens (primary N) is 1. The number of ether oxygens (including phenoxy) is 4. The van der Waals surface area contributed by atoms with E-state index in [0.29, 0.717) is 45.4 Å². The summed E-state index contributed by atoms with van der Waals surface area (Å²) < 4.78 is 21.3. The van der Waals surface area contributed by atoms with Gasteiger partial charge < -0.3 is 35.1 Å². The molecule has 4 N–H and O–H groups in total. The lowest BCUT2D eigenvalue weighted by atomic mass is 10.0. The van der Waals surface area contributed by atoms with Gasteiger partial charge in [0.2, 0.25) is 11.7 Å². The van der Waals surface area contributed by atoms with Crippen molar-refractivity contribution in [3.05, 3.63) is 41.5 Å². The molecule has 0 aliphatic heterocycles. The lowest BCUT2D eigenvalue weighted by Gasteiger charge is -2.14. The second-order valence-corrected chi connectivity index (χ2v) is 6.32. The van der Waals surface area contributed by atoms with Gasteiger partial charge in [0.15, 0.2) is 11.5 Å². The van der Waals surface area contributed by atoms with Gasteiger partial charge in [-0.05, 0) is 41.5 Å². The first kappa shape index (κ1) is 26.6. The van der Waals surface area contributed by atoms with Crippen LogP contribution in [0, 0.1) is 11.3 Å². The van der Waals surface area contributed by atoms with Gasteiger partial charge in [-0.2, -0.15) is 5.26 Å². The van der Waals surface area contributed by atoms with Crippen LogP contribution >= 0.6 is 12.4 Å². The van der Waals surface area contributed by atoms with Gasteiger partial charge in [0.05, 0.1) is 52.4 Å². The summed E-state index contributed by atoms with van der Waals surface area (Å²) in [5.74, 6) is 1.09. The molecule has 0 radical (unpaired) electrons. The number of hydrogen-bond acceptors (Lipinski definition) is 8. The molecular weight excluding hydrogens is 438 g/mol. The molecule has 1 unspecified atom stereocenters. The van der Waals surface area contributed by atoms with Gasteiger partial charge in [0.1, 0.15) is 11.8 Å². The highest BCUT2D eigenvalue weighted by atomic mass is 35.5. The lowest BCUT2D eigenvalue weighted by Crippen LogP contribution is -2.38. The molecule has 2 rings (SSSR count). The molecule has 0 spiro atoms. The zero-order valence-corrected chi connectivity index (χ0v) is 19.0. The number of rotatable bonds is 9. The first-order valence-corrected chi connectivity index (χ1v) is 9.19. The topological polar surface area (TPSA) is 136 Å². The standard InChI is InChI=1S/C22H25N3O6.ClH/c1-28-18-6-5-13(8-17(18)25-22(27)16(24)12-26)7-15(11-23)14-9-19(29-2)21(31-4)20(10-14)30-3;/h5-10,16,26H,12,24H2,1-4H3,(H,25,27);1H. The monoisotopic (exact) mass is 463 g/mol. The van der Waals surface area contributed by atoms with Gasteiger partial charge in [0.25, 0.3) is 0 Å². The third kappa shape index (κ3) is 6.04. The molecule has 9 nitrogen and oxygen atoms in total. The third-order valence-corrected chi connectivity index (χ3v) is 4.42. The second-order valence-electron chi connectivity index (χ2n) is 6.32. The average Bonchev–Trinajstić information content (AvgIpc) is 2.80. The molecule has 0 aliphatic carbocycles. The Labute approximate surface area is 192 Å². The van der Waals surface area contributed by atoms with E-state index in [1.54, 1.807) is 36.4 Å². The molecule has 0 fully saturated rings. The van der Waals surface area contributed by atoms with Crippen LogP contribution in [0.3, 0.4) is 0 Å². The molecule has 172 valence electrons. The number of benzene rings is 2. The zero-order chi connectivity index (χ0) is 23.0. The van der Waals surface area contributed by atoms with E-state index in [2.05, 4.69) is 11.4 Å². The molecule has 0 aromatic heterocycles. The molecule has 2 aromatic rings. The summed E-state index contributed by atoms with van der Waals surface area (Å²) in [6.07, 6.45) is 1.64. The molecule has 0 bridgehead atoms. The van der Waals surface area contributed by atoms with Crippen molar-refractivity contribution in [1.82, 2.24) is 0 Å². The number of halogens is 1. The van der Waals surface area contributed by atoms with E-state index >= 15 is 0 Å². The third-order valence-electron chi connectivity index (χ3n) is 4.42. The minimum absolute atomic E-state index is 0. The molecule has 32 heavy (non-hydrogen) atoms. The van der Waals surface area contributed by atoms with Crippen LogP contribution in [0.25, 0.3) is 11.6 Å². The van der Waals surface area contributed by atoms with Gasteiger partial charge in [-0.15, -0.1) is 12.4 Å². The maximum absolute atomic E-state index is 12.1. The van der Waals surface area contributed by atoms with Crippen molar-refractivity contribution in [2.24, 2.45) is 5.73 Å². The van der Waals surface area contributed by atoms with Gasteiger partial charge in [-0.1, -0.05) is 6.07 Å². The first-order valence-electron chi connectivity index (χ1n) is 9.19. The smallest absolute Gasteiger partial charge is 0.243 e. The number of nitriles is 1. The molecule has 0 aliphatic rings. The van der Waals surface area contributed by atoms with Gasteiger partial charge in [-0.3, -0.25) is 4.79 Å². The Hall–Kier alpha value is -3.45. The quantitative estimate of drug-likeness (QED) is 0.381. The van der Waals surface area contributed by atoms with Crippen LogP contribution in [0.4, 0.5) is 5.69 Å². The Morgan fingerprint density at radius 1 is 1.09 bits per heavy atom. The van der Waals surface area contributed by atoms with E-state index < -0.39 is 18.6 Å². The predicted octanol–water partition coefficient (Wildman–Crippen LogP) is 2.47. The van der Waals surface area contributed by atoms with Crippen molar-refractivity contribution in [3.8, 4) is 29.1 Å². The van der Waals surface area contributed by atoms with Gasteiger partial charge >= 0.3 is 0 Å². The molecular formula is C22H26ClN3O6. The maximum atomic E-state index is 12.1. The fourth-order valence-electron chi connectivity index (χ4n) is 2.80. The van der Waals surface area contributed by atoms with Crippen LogP contribution in [-0.4, -0.2) is 52.1 Å². The number of amides is 1. The number of methoxy groups -OCH3 is 4. The van der Waals surface area contributed by atoms with Crippen molar-refractivity contribution < 1.29 is 28.8 Å². The zero-order valence-electron chi connectivity index (χ0n) is 18.2. The van der Waals surface area contributed by atoms with Crippen molar-refractivity contribution in [2.75, 3.05) is 40.4 Å². The fourth-order valence-corrected chi connectivity index (χ4v) is 2.80. The fraction of sp³-hybridized carbons (Fsp3) is 0.273. The number of hydrogen-bond donors (Lipinski definition) is 3. The Morgan fingerprint density at radius 3 is 2.16 bits per heavy atom. The number of allylic oxidation sites excluding steroid dienone is 1. The van der Waals surface area contributed by atoms with Crippen LogP contribution in [0.15, 0.2) is 30.3 Å². The molecule has 1 atom stereocenters. The predicted molar refractivity (Wildman–Crippen MR) is 124 cm³/mol. The van der Waals surface area contributed by atoms with Crippen LogP contribution in [-0.2, 0) is 4.79 Å². The summed E-state index contributed by atoms with van der Waals surface area (Å²) in [6.45, 7) is -0.493. The van der Waals surface area contributed by atoms with Crippen molar-refractivity contribution in [1.29, 1.82) is 5.26 Å². The van der Waals surface area contributed by atoms with Crippen molar-refractivity contribution in [2.45, 2.75) is 6.04 Å². The number of aliphatic hydroxyl groups excluding tert-OH is 1. The van der Waals surface area contributed by atoms with Crippen molar-refractivity contribution in [3.63, 3.8) is 0 Å². The van der Waals surface area contributed by atoms with E-state index in [-0.39, 0.29) is 12.4 Å². The van der Waals surface area contributed by atoms with Crippen LogP contribution in [0.2, 0.25) is 0 Å². The SMILES string of the molecule is COc1ccc(C=C(C#N)c2cc(OC)c(OC)c(OC)c2)cc1NC(=O)C(N)CO.Cl. The summed E-state index contributed by atoms with van der Waals surface area (Å²) in [7, 11) is 5.94. The van der Waals surface area contributed by atoms with E-state index in [9.17, 15) is 10.1 Å². The largest absolute Gasteiger partial charge is 0.495 e. The summed E-state index contributed by atoms with van der Waals surface area (Å²) in [6, 6.07) is 9.44. The number of carbonyl (C=O) groups excluding carboxylic acids is 1. The summed E-state index contributed by atoms with van der Waals surface area (Å²) >= 11 is 0. The van der Waals surface area contributed by atoms with Crippen LogP contribution < -0.4 is 30.0 Å². The maximum Gasteiger partial charge on any atom is 0.243 e. The van der Waals surface area contributed by atoms with Crippen molar-refractivity contribution >= 4 is 35.7 Å². The van der Waals surface area contributed by atoms with Crippen LogP contribution in [0.1, 0.15) is 11.1 Å². The number of carbonyl (C=O) groups is 1. The summed E-state index contributed by atoms with van der Waals surface area (Å²) in [4.78, 5) is 12.1. The highest BCUT2D eigenvalue weighted by molar-refractivity contribution is 5.97. The van der Waals surface area contributed by atoms with E-state index in [1.807, 2.05) is 0 Å². The number of nitrogens with zero attached hydrogens (tertiary/aromatic N) is 1. The summed E-state index contributed by atoms with van der Waals surface area (Å²) in [5.41, 5.74) is 7.42. The first-order chi connectivity index (χ1) is 14.9. The lowest BCUT2D eigenvalue weighted by molar-refractivity contribution is -0.118. The van der Waals surface area contributed by atoms with E-state index in [1.165, 1.54) is 28.4 Å². The Bertz CT molecular complexity index is 994. The Morgan fingerprint density at radius 2 is 1.69 bits per heavy atom.